The third-order valence-corrected chi connectivity index (χ3v) is 5.26. The Labute approximate surface area is 165 Å². The van der Waals surface area contributed by atoms with Crippen LogP contribution in [-0.2, 0) is 4.74 Å². The second kappa shape index (κ2) is 9.33. The van der Waals surface area contributed by atoms with Gasteiger partial charge < -0.3 is 20.3 Å². The number of benzene rings is 2. The Morgan fingerprint density at radius 1 is 1.19 bits per heavy atom. The van der Waals surface area contributed by atoms with E-state index in [4.69, 9.17) is 28.6 Å². The fraction of sp³-hybridized carbons (Fsp3) is 0.350. The van der Waals surface area contributed by atoms with Gasteiger partial charge in [0.1, 0.15) is 25.7 Å². The van der Waals surface area contributed by atoms with E-state index in [9.17, 15) is 0 Å². The van der Waals surface area contributed by atoms with Crippen molar-refractivity contribution in [3.8, 4) is 0 Å². The molecule has 1 heterocycles. The van der Waals surface area contributed by atoms with Gasteiger partial charge >= 0.3 is 0 Å². The standard InChI is InChI=1S/C20H24ClN3OS/c1-15-7-8-17(13-18(15)21)22-20(26)23-19(16-5-3-2-4-6-16)14-24-9-11-25-12-10-24/h2-8,13,19H,9-12,14H2,1H3,(H2,22,23,26)/p+1/t19-/m0/s1. The normalized spacial score (nSPS) is 16.1. The van der Waals surface area contributed by atoms with E-state index in [1.165, 1.54) is 10.5 Å². The van der Waals surface area contributed by atoms with E-state index < -0.39 is 0 Å². The molecule has 3 rings (SSSR count). The van der Waals surface area contributed by atoms with Crippen LogP contribution in [0.2, 0.25) is 5.02 Å². The lowest BCUT2D eigenvalue weighted by atomic mass is 10.1. The van der Waals surface area contributed by atoms with E-state index in [0.717, 1.165) is 49.1 Å². The Morgan fingerprint density at radius 3 is 2.62 bits per heavy atom. The van der Waals surface area contributed by atoms with Crippen molar-refractivity contribution in [3.63, 3.8) is 0 Å². The molecular formula is C20H25ClN3OS+. The van der Waals surface area contributed by atoms with Crippen LogP contribution in [-0.4, -0.2) is 38.0 Å². The molecule has 1 aliphatic heterocycles. The molecule has 0 aliphatic carbocycles. The summed E-state index contributed by atoms with van der Waals surface area (Å²) in [5.41, 5.74) is 3.18. The molecule has 6 heteroatoms. The summed E-state index contributed by atoms with van der Waals surface area (Å²) in [5.74, 6) is 0. The summed E-state index contributed by atoms with van der Waals surface area (Å²) in [5, 5.41) is 8.06. The monoisotopic (exact) mass is 390 g/mol. The minimum atomic E-state index is 0.144. The van der Waals surface area contributed by atoms with Crippen LogP contribution in [0.4, 0.5) is 5.69 Å². The maximum atomic E-state index is 6.21. The molecule has 0 radical (unpaired) electrons. The van der Waals surface area contributed by atoms with Crippen LogP contribution >= 0.6 is 23.8 Å². The minimum absolute atomic E-state index is 0.144. The smallest absolute Gasteiger partial charge is 0.171 e. The van der Waals surface area contributed by atoms with Crippen LogP contribution in [0, 0.1) is 6.92 Å². The number of hydrogen-bond donors (Lipinski definition) is 3. The van der Waals surface area contributed by atoms with E-state index in [0.29, 0.717) is 5.11 Å². The Bertz CT molecular complexity index is 735. The number of anilines is 1. The van der Waals surface area contributed by atoms with Crippen molar-refractivity contribution in [2.75, 3.05) is 38.2 Å². The molecule has 3 N–H and O–H groups in total. The van der Waals surface area contributed by atoms with Gasteiger partial charge in [-0.15, -0.1) is 0 Å². The van der Waals surface area contributed by atoms with Crippen molar-refractivity contribution in [1.82, 2.24) is 5.32 Å². The maximum absolute atomic E-state index is 6.21. The van der Waals surface area contributed by atoms with Gasteiger partial charge in [0, 0.05) is 10.7 Å². The molecule has 138 valence electrons. The topological polar surface area (TPSA) is 37.7 Å². The number of aryl methyl sites for hydroxylation is 1. The van der Waals surface area contributed by atoms with Crippen molar-refractivity contribution in [2.45, 2.75) is 13.0 Å². The fourth-order valence-electron chi connectivity index (χ4n) is 3.09. The molecule has 1 aliphatic rings. The number of quaternary nitrogens is 1. The predicted octanol–water partition coefficient (Wildman–Crippen LogP) is 2.59. The first-order valence-corrected chi connectivity index (χ1v) is 9.70. The molecule has 2 aromatic rings. The van der Waals surface area contributed by atoms with Crippen molar-refractivity contribution < 1.29 is 9.64 Å². The zero-order chi connectivity index (χ0) is 18.4. The molecule has 4 nitrogen and oxygen atoms in total. The summed E-state index contributed by atoms with van der Waals surface area (Å²) < 4.78 is 5.48. The number of thiocarbonyl (C=S) groups is 1. The highest BCUT2D eigenvalue weighted by molar-refractivity contribution is 7.80. The highest BCUT2D eigenvalue weighted by Crippen LogP contribution is 2.20. The molecule has 1 fully saturated rings. The van der Waals surface area contributed by atoms with Crippen molar-refractivity contribution in [2.24, 2.45) is 0 Å². The first kappa shape index (κ1) is 19.1. The minimum Gasteiger partial charge on any atom is -0.370 e. The van der Waals surface area contributed by atoms with Gasteiger partial charge in [0.2, 0.25) is 0 Å². The van der Waals surface area contributed by atoms with Gasteiger partial charge in [-0.2, -0.15) is 0 Å². The largest absolute Gasteiger partial charge is 0.370 e. The summed E-state index contributed by atoms with van der Waals surface area (Å²) in [6.45, 7) is 6.64. The average Bonchev–Trinajstić information content (AvgIpc) is 2.66. The molecule has 0 aromatic heterocycles. The summed E-state index contributed by atoms with van der Waals surface area (Å²) >= 11 is 11.8. The second-order valence-corrected chi connectivity index (χ2v) is 7.41. The van der Waals surface area contributed by atoms with Gasteiger partial charge in [-0.1, -0.05) is 48.0 Å². The Hall–Kier alpha value is -1.66. The zero-order valence-corrected chi connectivity index (χ0v) is 16.5. The summed E-state index contributed by atoms with van der Waals surface area (Å²) in [4.78, 5) is 1.53. The molecule has 26 heavy (non-hydrogen) atoms. The van der Waals surface area contributed by atoms with E-state index in [1.54, 1.807) is 0 Å². The SMILES string of the molecule is Cc1ccc(NC(=S)N[C@@H](C[NH+]2CCOCC2)c2ccccc2)cc1Cl. The molecule has 0 bridgehead atoms. The van der Waals surface area contributed by atoms with Crippen LogP contribution < -0.4 is 15.5 Å². The Balaban J connectivity index is 1.67. The number of ether oxygens (including phenoxy) is 1. The van der Waals surface area contributed by atoms with Crippen LogP contribution in [0.5, 0.6) is 0 Å². The molecular weight excluding hydrogens is 366 g/mol. The summed E-state index contributed by atoms with van der Waals surface area (Å²) in [7, 11) is 0. The van der Waals surface area contributed by atoms with Gasteiger partial charge in [0.15, 0.2) is 5.11 Å². The zero-order valence-electron chi connectivity index (χ0n) is 14.9. The molecule has 0 amide bonds. The van der Waals surface area contributed by atoms with Crippen molar-refractivity contribution in [1.29, 1.82) is 0 Å². The molecule has 0 unspecified atom stereocenters. The van der Waals surface area contributed by atoms with Gasteiger partial charge in [-0.05, 0) is 42.4 Å². The number of morpholine rings is 1. The molecule has 1 saturated heterocycles. The number of nitrogens with one attached hydrogen (secondary N) is 3. The first-order chi connectivity index (χ1) is 12.6. The summed E-state index contributed by atoms with van der Waals surface area (Å²) in [6.07, 6.45) is 0. The van der Waals surface area contributed by atoms with E-state index >= 15 is 0 Å². The van der Waals surface area contributed by atoms with Crippen molar-refractivity contribution in [3.05, 3.63) is 64.7 Å². The van der Waals surface area contributed by atoms with Gasteiger partial charge in [0.25, 0.3) is 0 Å². The van der Waals surface area contributed by atoms with Gasteiger partial charge in [-0.25, -0.2) is 0 Å². The highest BCUT2D eigenvalue weighted by Gasteiger charge is 2.22. The highest BCUT2D eigenvalue weighted by atomic mass is 35.5. The van der Waals surface area contributed by atoms with Crippen molar-refractivity contribution >= 4 is 34.6 Å². The third-order valence-electron chi connectivity index (χ3n) is 4.63. The lowest BCUT2D eigenvalue weighted by Gasteiger charge is -2.29. The molecule has 0 spiro atoms. The fourth-order valence-corrected chi connectivity index (χ4v) is 3.53. The maximum Gasteiger partial charge on any atom is 0.171 e. The average molecular weight is 391 g/mol. The number of hydrogen-bond acceptors (Lipinski definition) is 2. The van der Waals surface area contributed by atoms with E-state index in [2.05, 4.69) is 34.9 Å². The Kier molecular flexibility index (Phi) is 6.86. The molecule has 2 aromatic carbocycles. The second-order valence-electron chi connectivity index (χ2n) is 6.59. The summed E-state index contributed by atoms with van der Waals surface area (Å²) in [6, 6.07) is 16.5. The number of halogens is 1. The van der Waals surface area contributed by atoms with E-state index in [1.807, 2.05) is 31.2 Å². The lowest BCUT2D eigenvalue weighted by molar-refractivity contribution is -0.909. The molecule has 0 saturated carbocycles. The number of rotatable bonds is 5. The van der Waals surface area contributed by atoms with Crippen LogP contribution in [0.15, 0.2) is 48.5 Å². The first-order valence-electron chi connectivity index (χ1n) is 8.92. The van der Waals surface area contributed by atoms with Crippen LogP contribution in [0.3, 0.4) is 0 Å². The van der Waals surface area contributed by atoms with Gasteiger partial charge in [-0.3, -0.25) is 0 Å². The third kappa shape index (κ3) is 5.42. The van der Waals surface area contributed by atoms with Crippen LogP contribution in [0.25, 0.3) is 0 Å². The predicted molar refractivity (Wildman–Crippen MR) is 111 cm³/mol. The van der Waals surface area contributed by atoms with E-state index in [-0.39, 0.29) is 6.04 Å². The van der Waals surface area contributed by atoms with Gasteiger partial charge in [0.05, 0.1) is 13.2 Å². The van der Waals surface area contributed by atoms with Crippen LogP contribution in [0.1, 0.15) is 17.2 Å². The lowest BCUT2D eigenvalue weighted by Crippen LogP contribution is -3.14. The molecule has 1 atom stereocenters. The Morgan fingerprint density at radius 2 is 1.92 bits per heavy atom. The quantitative estimate of drug-likeness (QED) is 0.686.